The van der Waals surface area contributed by atoms with Crippen LogP contribution >= 0.6 is 11.3 Å². The first-order chi connectivity index (χ1) is 15.0. The third-order valence-corrected chi connectivity index (χ3v) is 6.79. The van der Waals surface area contributed by atoms with Crippen LogP contribution in [-0.4, -0.2) is 48.9 Å². The highest BCUT2D eigenvalue weighted by Crippen LogP contribution is 2.38. The number of nitrogens with one attached hydrogen (secondary N) is 2. The molecule has 31 heavy (non-hydrogen) atoms. The number of aryl methyl sites for hydroxylation is 2. The van der Waals surface area contributed by atoms with E-state index in [0.717, 1.165) is 61.7 Å². The van der Waals surface area contributed by atoms with Crippen molar-refractivity contribution in [3.05, 3.63) is 52.0 Å². The Morgan fingerprint density at radius 2 is 1.90 bits per heavy atom. The molecule has 0 spiro atoms. The zero-order valence-electron chi connectivity index (χ0n) is 19.0. The number of hydrogen-bond acceptors (Lipinski definition) is 4. The molecule has 1 fully saturated rings. The topological polar surface area (TPSA) is 69.6 Å². The first-order valence-electron chi connectivity index (χ1n) is 11.2. The summed E-state index contributed by atoms with van der Waals surface area (Å²) in [5.74, 6) is 0.968. The largest absolute Gasteiger partial charge is 0.357 e. The average Bonchev–Trinajstić information content (AvgIpc) is 3.44. The maximum atomic E-state index is 12.8. The summed E-state index contributed by atoms with van der Waals surface area (Å²) >= 11 is 1.70. The first kappa shape index (κ1) is 23.3. The Bertz CT molecular complexity index is 856. The molecular formula is C24H35N5OS. The molecule has 0 bridgehead atoms. The van der Waals surface area contributed by atoms with Gasteiger partial charge >= 0.3 is 0 Å². The molecule has 0 saturated heterocycles. The fourth-order valence-corrected chi connectivity index (χ4v) is 4.97. The second-order valence-corrected chi connectivity index (χ2v) is 9.40. The highest BCUT2D eigenvalue weighted by atomic mass is 32.1. The van der Waals surface area contributed by atoms with Crippen LogP contribution in [0.5, 0.6) is 0 Å². The van der Waals surface area contributed by atoms with E-state index in [-0.39, 0.29) is 11.3 Å². The number of rotatable bonds is 9. The Balaban J connectivity index is 1.57. The molecule has 0 aliphatic heterocycles. The van der Waals surface area contributed by atoms with Gasteiger partial charge in [-0.05, 0) is 31.7 Å². The summed E-state index contributed by atoms with van der Waals surface area (Å²) in [6.07, 6.45) is 6.05. The number of aromatic nitrogens is 1. The van der Waals surface area contributed by atoms with Crippen molar-refractivity contribution < 1.29 is 4.79 Å². The minimum atomic E-state index is -0.315. The standard InChI is InChI=1S/C24H35N5OS/c1-4-25-23(27-18-24(14-8-9-15-24)22(30)29(2)3)26-16-20-17-31-21(28-20)13-12-19-10-6-5-7-11-19/h5-7,10-11,17H,4,8-9,12-16,18H2,1-3H3,(H2,25,26,27). The summed E-state index contributed by atoms with van der Waals surface area (Å²) in [6, 6.07) is 10.5. The number of aliphatic imine (C=N–C) groups is 1. The minimum Gasteiger partial charge on any atom is -0.357 e. The Morgan fingerprint density at radius 1 is 1.16 bits per heavy atom. The van der Waals surface area contributed by atoms with Gasteiger partial charge in [0.2, 0.25) is 5.91 Å². The summed E-state index contributed by atoms with van der Waals surface area (Å²) in [6.45, 7) is 3.99. The van der Waals surface area contributed by atoms with Gasteiger partial charge in [-0.3, -0.25) is 4.79 Å². The van der Waals surface area contributed by atoms with Crippen LogP contribution in [0.15, 0.2) is 40.7 Å². The van der Waals surface area contributed by atoms with Crippen molar-refractivity contribution >= 4 is 23.2 Å². The molecule has 1 aliphatic carbocycles. The maximum Gasteiger partial charge on any atom is 0.230 e. The van der Waals surface area contributed by atoms with E-state index in [1.165, 1.54) is 5.56 Å². The third-order valence-electron chi connectivity index (χ3n) is 5.83. The maximum absolute atomic E-state index is 12.8. The van der Waals surface area contributed by atoms with E-state index < -0.39 is 0 Å². The molecule has 168 valence electrons. The fourth-order valence-electron chi connectivity index (χ4n) is 4.18. The molecule has 0 radical (unpaired) electrons. The normalized spacial score (nSPS) is 15.6. The number of thiazole rings is 1. The zero-order valence-corrected chi connectivity index (χ0v) is 19.8. The molecule has 0 unspecified atom stereocenters. The minimum absolute atomic E-state index is 0.218. The fraction of sp³-hybridized carbons (Fsp3) is 0.542. The molecular weight excluding hydrogens is 406 g/mol. The molecule has 1 aromatic carbocycles. The van der Waals surface area contributed by atoms with Crippen LogP contribution in [-0.2, 0) is 24.2 Å². The monoisotopic (exact) mass is 441 g/mol. The van der Waals surface area contributed by atoms with E-state index in [9.17, 15) is 4.79 Å². The Morgan fingerprint density at radius 3 is 2.58 bits per heavy atom. The highest BCUT2D eigenvalue weighted by Gasteiger charge is 2.42. The first-order valence-corrected chi connectivity index (χ1v) is 12.1. The van der Waals surface area contributed by atoms with Crippen LogP contribution in [0.1, 0.15) is 48.9 Å². The number of hydrogen-bond donors (Lipinski definition) is 2. The van der Waals surface area contributed by atoms with Gasteiger partial charge in [0, 0.05) is 39.0 Å². The van der Waals surface area contributed by atoms with Crippen LogP contribution in [0.25, 0.3) is 0 Å². The summed E-state index contributed by atoms with van der Waals surface area (Å²) in [7, 11) is 3.69. The van der Waals surface area contributed by atoms with Gasteiger partial charge in [0.05, 0.1) is 22.7 Å². The number of guanidine groups is 1. The van der Waals surface area contributed by atoms with E-state index in [2.05, 4.69) is 47.2 Å². The van der Waals surface area contributed by atoms with Crippen LogP contribution in [0.2, 0.25) is 0 Å². The van der Waals surface area contributed by atoms with Gasteiger partial charge in [0.15, 0.2) is 5.96 Å². The molecule has 3 rings (SSSR count). The predicted molar refractivity (Wildman–Crippen MR) is 128 cm³/mol. The quantitative estimate of drug-likeness (QED) is 0.461. The zero-order chi connectivity index (χ0) is 22.1. The van der Waals surface area contributed by atoms with Crippen molar-refractivity contribution in [2.24, 2.45) is 10.4 Å². The van der Waals surface area contributed by atoms with Crippen LogP contribution in [0.3, 0.4) is 0 Å². The molecule has 1 amide bonds. The number of benzene rings is 1. The lowest BCUT2D eigenvalue weighted by molar-refractivity contribution is -0.138. The van der Waals surface area contributed by atoms with Crippen LogP contribution in [0.4, 0.5) is 0 Å². The lowest BCUT2D eigenvalue weighted by atomic mass is 9.84. The number of carbonyl (C=O) groups is 1. The summed E-state index contributed by atoms with van der Waals surface area (Å²) in [4.78, 5) is 24.0. The second kappa shape index (κ2) is 11.3. The van der Waals surface area contributed by atoms with E-state index in [1.807, 2.05) is 20.2 Å². The van der Waals surface area contributed by atoms with Crippen molar-refractivity contribution in [1.82, 2.24) is 20.5 Å². The molecule has 1 saturated carbocycles. The third kappa shape index (κ3) is 6.53. The molecule has 1 aliphatic rings. The van der Waals surface area contributed by atoms with Gasteiger partial charge in [-0.2, -0.15) is 0 Å². The SMILES string of the molecule is CCNC(=NCc1csc(CCc2ccccc2)n1)NCC1(C(=O)N(C)C)CCCC1. The lowest BCUT2D eigenvalue weighted by Crippen LogP contribution is -2.49. The predicted octanol–water partition coefficient (Wildman–Crippen LogP) is 3.63. The summed E-state index contributed by atoms with van der Waals surface area (Å²) in [5, 5.41) is 9.98. The van der Waals surface area contributed by atoms with Gasteiger partial charge in [-0.1, -0.05) is 43.2 Å². The van der Waals surface area contributed by atoms with Gasteiger partial charge in [0.1, 0.15) is 0 Å². The Hall–Kier alpha value is -2.41. The van der Waals surface area contributed by atoms with Gasteiger partial charge in [-0.15, -0.1) is 11.3 Å². The van der Waals surface area contributed by atoms with Gasteiger partial charge in [0.25, 0.3) is 0 Å². The number of carbonyl (C=O) groups excluding carboxylic acids is 1. The van der Waals surface area contributed by atoms with E-state index in [4.69, 9.17) is 9.98 Å². The number of amides is 1. The average molecular weight is 442 g/mol. The molecule has 0 atom stereocenters. The van der Waals surface area contributed by atoms with E-state index in [1.54, 1.807) is 16.2 Å². The molecule has 1 heterocycles. The summed E-state index contributed by atoms with van der Waals surface area (Å²) in [5.41, 5.74) is 2.01. The van der Waals surface area contributed by atoms with Crippen LogP contribution < -0.4 is 10.6 Å². The van der Waals surface area contributed by atoms with Crippen molar-refractivity contribution in [2.75, 3.05) is 27.2 Å². The van der Waals surface area contributed by atoms with Crippen LogP contribution in [0, 0.1) is 5.41 Å². The Labute approximate surface area is 190 Å². The molecule has 2 aromatic rings. The molecule has 6 nitrogen and oxygen atoms in total. The van der Waals surface area contributed by atoms with Crippen molar-refractivity contribution in [1.29, 1.82) is 0 Å². The molecule has 7 heteroatoms. The smallest absolute Gasteiger partial charge is 0.230 e. The second-order valence-electron chi connectivity index (χ2n) is 8.45. The van der Waals surface area contributed by atoms with Crippen molar-refractivity contribution in [3.8, 4) is 0 Å². The van der Waals surface area contributed by atoms with E-state index >= 15 is 0 Å². The van der Waals surface area contributed by atoms with Crippen molar-refractivity contribution in [2.45, 2.75) is 52.0 Å². The molecule has 1 aromatic heterocycles. The van der Waals surface area contributed by atoms with Crippen molar-refractivity contribution in [3.63, 3.8) is 0 Å². The number of nitrogens with zero attached hydrogens (tertiary/aromatic N) is 3. The molecule has 2 N–H and O–H groups in total. The highest BCUT2D eigenvalue weighted by molar-refractivity contribution is 7.09. The van der Waals surface area contributed by atoms with E-state index in [0.29, 0.717) is 13.1 Å². The lowest BCUT2D eigenvalue weighted by Gasteiger charge is -2.31. The van der Waals surface area contributed by atoms with Gasteiger partial charge < -0.3 is 15.5 Å². The van der Waals surface area contributed by atoms with Gasteiger partial charge in [-0.25, -0.2) is 9.98 Å². The Kier molecular flexibility index (Phi) is 8.46. The summed E-state index contributed by atoms with van der Waals surface area (Å²) < 4.78 is 0.